The van der Waals surface area contributed by atoms with Crippen LogP contribution in [0.25, 0.3) is 0 Å². The van der Waals surface area contributed by atoms with Gasteiger partial charge in [-0.05, 0) is 57.7 Å². The molecule has 0 amide bonds. The van der Waals surface area contributed by atoms with E-state index in [0.29, 0.717) is 5.92 Å². The summed E-state index contributed by atoms with van der Waals surface area (Å²) in [5.41, 5.74) is 2.96. The maximum absolute atomic E-state index is 11.9. The third-order valence-corrected chi connectivity index (χ3v) is 6.17. The van der Waals surface area contributed by atoms with Gasteiger partial charge in [-0.1, -0.05) is 6.42 Å². The molecule has 118 valence electrons. The Morgan fingerprint density at radius 1 is 1.29 bits per heavy atom. The summed E-state index contributed by atoms with van der Waals surface area (Å²) in [5, 5.41) is 11.4. The topological polar surface area (TPSA) is 72.0 Å². The summed E-state index contributed by atoms with van der Waals surface area (Å²) in [6.45, 7) is 3.89. The first-order valence-electron chi connectivity index (χ1n) is 7.50. The minimum Gasteiger partial charge on any atom is -0.313 e. The zero-order chi connectivity index (χ0) is 15.6. The Kier molecular flexibility index (Phi) is 4.99. The first kappa shape index (κ1) is 16.4. The molecule has 1 aromatic heterocycles. The van der Waals surface area contributed by atoms with E-state index in [0.717, 1.165) is 42.6 Å². The molecular weight excluding hydrogens is 286 g/mol. The number of sulfone groups is 1. The summed E-state index contributed by atoms with van der Waals surface area (Å²) in [5.74, 6) is 0.325. The minimum atomic E-state index is -2.96. The number of hydrogen-bond donors (Lipinski definition) is 1. The molecule has 21 heavy (non-hydrogen) atoms. The summed E-state index contributed by atoms with van der Waals surface area (Å²) in [7, 11) is -1.02. The summed E-state index contributed by atoms with van der Waals surface area (Å²) in [6.07, 6.45) is 4.90. The summed E-state index contributed by atoms with van der Waals surface area (Å²) in [4.78, 5) is 0. The maximum Gasteiger partial charge on any atom is 0.150 e. The van der Waals surface area contributed by atoms with Crippen molar-refractivity contribution in [3.05, 3.63) is 23.0 Å². The third-order valence-electron chi connectivity index (χ3n) is 4.53. The molecule has 1 aliphatic rings. The van der Waals surface area contributed by atoms with Crippen LogP contribution < -0.4 is 5.32 Å². The van der Waals surface area contributed by atoms with Crippen LogP contribution in [0, 0.1) is 19.8 Å². The zero-order valence-electron chi connectivity index (χ0n) is 13.3. The quantitative estimate of drug-likeness (QED) is 0.920. The lowest BCUT2D eigenvalue weighted by Crippen LogP contribution is -2.34. The van der Waals surface area contributed by atoms with Crippen molar-refractivity contribution in [2.24, 2.45) is 5.92 Å². The van der Waals surface area contributed by atoms with E-state index < -0.39 is 9.84 Å². The maximum atomic E-state index is 11.9. The van der Waals surface area contributed by atoms with E-state index >= 15 is 0 Å². The Hall–Kier alpha value is -1.01. The van der Waals surface area contributed by atoms with Gasteiger partial charge in [0.05, 0.1) is 16.6 Å². The summed E-state index contributed by atoms with van der Waals surface area (Å²) < 4.78 is 23.7. The highest BCUT2D eigenvalue weighted by Crippen LogP contribution is 2.37. The van der Waals surface area contributed by atoms with E-state index in [9.17, 15) is 8.42 Å². The van der Waals surface area contributed by atoms with Crippen molar-refractivity contribution in [2.75, 3.05) is 13.3 Å². The predicted octanol–water partition coefficient (Wildman–Crippen LogP) is 1.96. The van der Waals surface area contributed by atoms with Crippen LogP contribution in [0.15, 0.2) is 6.07 Å². The number of hydrogen-bond acceptors (Lipinski definition) is 5. The second-order valence-corrected chi connectivity index (χ2v) is 8.50. The molecule has 6 heteroatoms. The lowest BCUT2D eigenvalue weighted by molar-refractivity contribution is 0.281. The van der Waals surface area contributed by atoms with Gasteiger partial charge < -0.3 is 5.32 Å². The van der Waals surface area contributed by atoms with Crippen LogP contribution >= 0.6 is 0 Å². The van der Waals surface area contributed by atoms with Crippen LogP contribution in [-0.2, 0) is 9.84 Å². The van der Waals surface area contributed by atoms with Crippen molar-refractivity contribution < 1.29 is 8.42 Å². The van der Waals surface area contributed by atoms with Crippen LogP contribution in [0.3, 0.4) is 0 Å². The molecule has 5 nitrogen and oxygen atoms in total. The van der Waals surface area contributed by atoms with E-state index in [-0.39, 0.29) is 11.3 Å². The van der Waals surface area contributed by atoms with E-state index in [1.807, 2.05) is 20.9 Å². The van der Waals surface area contributed by atoms with Crippen LogP contribution in [0.4, 0.5) is 0 Å². The Balaban J connectivity index is 2.27. The smallest absolute Gasteiger partial charge is 0.150 e. The van der Waals surface area contributed by atoms with Gasteiger partial charge in [-0.3, -0.25) is 0 Å². The SMILES string of the molecule is CNC(c1cc(C)nnc1C)C1CCCC(S(C)(=O)=O)C1. The molecule has 0 aliphatic heterocycles. The van der Waals surface area contributed by atoms with Crippen molar-refractivity contribution in [2.45, 2.75) is 50.8 Å². The van der Waals surface area contributed by atoms with E-state index in [4.69, 9.17) is 0 Å². The number of nitrogens with one attached hydrogen (secondary N) is 1. The highest BCUT2D eigenvalue weighted by molar-refractivity contribution is 7.91. The first-order chi connectivity index (χ1) is 9.82. The number of rotatable bonds is 4. The Bertz CT molecular complexity index is 601. The van der Waals surface area contributed by atoms with Crippen molar-refractivity contribution in [3.8, 4) is 0 Å². The molecular formula is C15H25N3O2S. The molecule has 0 bridgehead atoms. The summed E-state index contributed by atoms with van der Waals surface area (Å²) in [6, 6.07) is 2.21. The third kappa shape index (κ3) is 3.80. The Morgan fingerprint density at radius 2 is 2.00 bits per heavy atom. The lowest BCUT2D eigenvalue weighted by Gasteiger charge is -2.34. The van der Waals surface area contributed by atoms with Crippen molar-refractivity contribution in [3.63, 3.8) is 0 Å². The number of aryl methyl sites for hydroxylation is 2. The van der Waals surface area contributed by atoms with Gasteiger partial charge in [0.25, 0.3) is 0 Å². The zero-order valence-corrected chi connectivity index (χ0v) is 14.1. The average molecular weight is 311 g/mol. The fourth-order valence-electron chi connectivity index (χ4n) is 3.40. The highest BCUT2D eigenvalue weighted by atomic mass is 32.2. The molecule has 2 rings (SSSR count). The van der Waals surface area contributed by atoms with Gasteiger partial charge in [-0.2, -0.15) is 10.2 Å². The van der Waals surface area contributed by atoms with Crippen LogP contribution in [0.2, 0.25) is 0 Å². The molecule has 0 aromatic carbocycles. The molecule has 1 N–H and O–H groups in total. The molecule has 0 spiro atoms. The Labute approximate surface area is 127 Å². The Morgan fingerprint density at radius 3 is 2.62 bits per heavy atom. The molecule has 1 saturated carbocycles. The average Bonchev–Trinajstić information content (AvgIpc) is 2.43. The van der Waals surface area contributed by atoms with Gasteiger partial charge in [0, 0.05) is 12.3 Å². The lowest BCUT2D eigenvalue weighted by atomic mass is 9.80. The normalized spacial score (nSPS) is 24.8. The van der Waals surface area contributed by atoms with Gasteiger partial charge in [0.15, 0.2) is 0 Å². The molecule has 3 atom stereocenters. The minimum absolute atomic E-state index is 0.142. The highest BCUT2D eigenvalue weighted by Gasteiger charge is 2.33. The van der Waals surface area contributed by atoms with E-state index in [1.165, 1.54) is 6.26 Å². The second-order valence-electron chi connectivity index (χ2n) is 6.17. The van der Waals surface area contributed by atoms with Gasteiger partial charge in [-0.25, -0.2) is 8.42 Å². The molecule has 0 radical (unpaired) electrons. The van der Waals surface area contributed by atoms with Gasteiger partial charge in [0.2, 0.25) is 0 Å². The monoisotopic (exact) mass is 311 g/mol. The van der Waals surface area contributed by atoms with Crippen LogP contribution in [0.1, 0.15) is 48.7 Å². The standard InChI is InChI=1S/C15H25N3O2S/c1-10-8-14(11(2)18-17-10)15(16-3)12-6-5-7-13(9-12)21(4,19)20/h8,12-13,15-16H,5-7,9H2,1-4H3. The van der Waals surface area contributed by atoms with E-state index in [2.05, 4.69) is 21.6 Å². The largest absolute Gasteiger partial charge is 0.313 e. The van der Waals surface area contributed by atoms with Gasteiger partial charge in [0.1, 0.15) is 9.84 Å². The predicted molar refractivity (Wildman–Crippen MR) is 83.9 cm³/mol. The molecule has 1 heterocycles. The molecule has 0 saturated heterocycles. The fraction of sp³-hybridized carbons (Fsp3) is 0.733. The molecule has 3 unspecified atom stereocenters. The molecule has 1 aromatic rings. The fourth-order valence-corrected chi connectivity index (χ4v) is 4.59. The molecule has 1 aliphatic carbocycles. The van der Waals surface area contributed by atoms with Crippen LogP contribution in [-0.4, -0.2) is 37.2 Å². The first-order valence-corrected chi connectivity index (χ1v) is 9.45. The van der Waals surface area contributed by atoms with Gasteiger partial charge >= 0.3 is 0 Å². The number of nitrogens with zero attached hydrogens (tertiary/aromatic N) is 2. The van der Waals surface area contributed by atoms with Crippen molar-refractivity contribution in [1.82, 2.24) is 15.5 Å². The molecule has 1 fully saturated rings. The number of aromatic nitrogens is 2. The second kappa shape index (κ2) is 6.40. The van der Waals surface area contributed by atoms with Gasteiger partial charge in [-0.15, -0.1) is 0 Å². The van der Waals surface area contributed by atoms with Crippen LogP contribution in [0.5, 0.6) is 0 Å². The van der Waals surface area contributed by atoms with Crippen molar-refractivity contribution >= 4 is 9.84 Å². The van der Waals surface area contributed by atoms with E-state index in [1.54, 1.807) is 0 Å². The summed E-state index contributed by atoms with van der Waals surface area (Å²) >= 11 is 0. The van der Waals surface area contributed by atoms with Crippen molar-refractivity contribution in [1.29, 1.82) is 0 Å².